The van der Waals surface area contributed by atoms with Gasteiger partial charge in [0.25, 0.3) is 11.8 Å². The van der Waals surface area contributed by atoms with Gasteiger partial charge >= 0.3 is 0 Å². The van der Waals surface area contributed by atoms with Gasteiger partial charge in [0.1, 0.15) is 10.1 Å². The normalized spacial score (nSPS) is 14.9. The fraction of sp³-hybridized carbons (Fsp3) is 0.0952. The highest BCUT2D eigenvalue weighted by Gasteiger charge is 2.30. The fourth-order valence-corrected chi connectivity index (χ4v) is 3.91. The van der Waals surface area contributed by atoms with Gasteiger partial charge in [-0.1, -0.05) is 53.8 Å². The third-order valence-corrected chi connectivity index (χ3v) is 5.47. The summed E-state index contributed by atoms with van der Waals surface area (Å²) in [4.78, 5) is 26.5. The quantitative estimate of drug-likeness (QED) is 0.379. The Morgan fingerprint density at radius 2 is 2.03 bits per heavy atom. The van der Waals surface area contributed by atoms with E-state index in [-0.39, 0.29) is 18.4 Å². The SMILES string of the molecule is C=CCN1C(=O)/C(=C/c2cccc(OCC(=O)Nc3ccc(Cl)cc3)c2)SC1=S. The van der Waals surface area contributed by atoms with E-state index in [1.54, 1.807) is 54.6 Å². The number of thioether (sulfide) groups is 1. The monoisotopic (exact) mass is 444 g/mol. The molecule has 1 fully saturated rings. The highest BCUT2D eigenvalue weighted by atomic mass is 35.5. The Morgan fingerprint density at radius 1 is 1.28 bits per heavy atom. The van der Waals surface area contributed by atoms with Gasteiger partial charge in [0.15, 0.2) is 6.61 Å². The Morgan fingerprint density at radius 3 is 2.76 bits per heavy atom. The Balaban J connectivity index is 1.61. The van der Waals surface area contributed by atoms with Crippen LogP contribution in [-0.4, -0.2) is 34.2 Å². The van der Waals surface area contributed by atoms with Crippen LogP contribution in [0, 0.1) is 0 Å². The molecule has 148 valence electrons. The van der Waals surface area contributed by atoms with E-state index < -0.39 is 0 Å². The average molecular weight is 445 g/mol. The largest absolute Gasteiger partial charge is 0.484 e. The number of hydrogen-bond acceptors (Lipinski definition) is 5. The van der Waals surface area contributed by atoms with Crippen molar-refractivity contribution in [1.82, 2.24) is 4.90 Å². The second-order valence-corrected chi connectivity index (χ2v) is 8.11. The Bertz CT molecular complexity index is 990. The molecule has 2 amide bonds. The number of nitrogens with zero attached hydrogens (tertiary/aromatic N) is 1. The molecular weight excluding hydrogens is 428 g/mol. The van der Waals surface area contributed by atoms with Crippen molar-refractivity contribution in [1.29, 1.82) is 0 Å². The van der Waals surface area contributed by atoms with E-state index in [1.165, 1.54) is 16.7 Å². The van der Waals surface area contributed by atoms with Crippen LogP contribution < -0.4 is 10.1 Å². The van der Waals surface area contributed by atoms with Crippen molar-refractivity contribution in [2.45, 2.75) is 0 Å². The van der Waals surface area contributed by atoms with E-state index in [0.717, 1.165) is 5.56 Å². The number of thiocarbonyl (C=S) groups is 1. The zero-order chi connectivity index (χ0) is 20.8. The van der Waals surface area contributed by atoms with Gasteiger partial charge in [-0.15, -0.1) is 6.58 Å². The molecule has 0 bridgehead atoms. The molecule has 2 aromatic carbocycles. The molecule has 0 aromatic heterocycles. The summed E-state index contributed by atoms with van der Waals surface area (Å²) in [6.07, 6.45) is 3.39. The molecule has 5 nitrogen and oxygen atoms in total. The van der Waals surface area contributed by atoms with Crippen LogP contribution in [0.25, 0.3) is 6.08 Å². The topological polar surface area (TPSA) is 58.6 Å². The second-order valence-electron chi connectivity index (χ2n) is 6.00. The highest BCUT2D eigenvalue weighted by Crippen LogP contribution is 2.32. The molecule has 0 radical (unpaired) electrons. The minimum atomic E-state index is -0.289. The van der Waals surface area contributed by atoms with E-state index in [2.05, 4.69) is 11.9 Å². The van der Waals surface area contributed by atoms with Crippen molar-refractivity contribution in [3.63, 3.8) is 0 Å². The number of anilines is 1. The Kier molecular flexibility index (Phi) is 7.09. The van der Waals surface area contributed by atoms with Crippen molar-refractivity contribution < 1.29 is 14.3 Å². The van der Waals surface area contributed by atoms with Crippen LogP contribution in [0.4, 0.5) is 5.69 Å². The smallest absolute Gasteiger partial charge is 0.266 e. The number of hydrogen-bond donors (Lipinski definition) is 1. The van der Waals surface area contributed by atoms with E-state index >= 15 is 0 Å². The van der Waals surface area contributed by atoms with Crippen LogP contribution in [0.1, 0.15) is 5.56 Å². The van der Waals surface area contributed by atoms with Crippen molar-refractivity contribution in [3.8, 4) is 5.75 Å². The fourth-order valence-electron chi connectivity index (χ4n) is 2.51. The predicted octanol–water partition coefficient (Wildman–Crippen LogP) is 4.74. The summed E-state index contributed by atoms with van der Waals surface area (Å²) in [7, 11) is 0. The standard InChI is InChI=1S/C21H17ClN2O3S2/c1-2-10-24-20(26)18(29-21(24)28)12-14-4-3-5-17(11-14)27-13-19(25)23-16-8-6-15(22)7-9-16/h2-9,11-12H,1,10,13H2,(H,23,25)/b18-12-. The van der Waals surface area contributed by atoms with E-state index in [1.807, 2.05) is 6.07 Å². The van der Waals surface area contributed by atoms with Crippen LogP contribution >= 0.6 is 35.6 Å². The van der Waals surface area contributed by atoms with Gasteiger partial charge < -0.3 is 10.1 Å². The maximum atomic E-state index is 12.4. The lowest BCUT2D eigenvalue weighted by atomic mass is 10.2. The van der Waals surface area contributed by atoms with Crippen LogP contribution in [0.3, 0.4) is 0 Å². The minimum Gasteiger partial charge on any atom is -0.484 e. The minimum absolute atomic E-state index is 0.145. The lowest BCUT2D eigenvalue weighted by molar-refractivity contribution is -0.121. The summed E-state index contributed by atoms with van der Waals surface area (Å²) in [5.74, 6) is 0.0863. The Labute approximate surface area is 183 Å². The average Bonchev–Trinajstić information content (AvgIpc) is 2.96. The second kappa shape index (κ2) is 9.73. The number of amides is 2. The molecule has 0 saturated carbocycles. The summed E-state index contributed by atoms with van der Waals surface area (Å²) < 4.78 is 6.07. The molecule has 1 saturated heterocycles. The van der Waals surface area contributed by atoms with Crippen LogP contribution in [0.5, 0.6) is 5.75 Å². The van der Waals surface area contributed by atoms with Gasteiger partial charge in [-0.05, 0) is 48.0 Å². The maximum Gasteiger partial charge on any atom is 0.266 e. The number of benzene rings is 2. The van der Waals surface area contributed by atoms with Gasteiger partial charge in [-0.2, -0.15) is 0 Å². The maximum absolute atomic E-state index is 12.4. The molecular formula is C21H17ClN2O3S2. The van der Waals surface area contributed by atoms with Crippen molar-refractivity contribution in [2.24, 2.45) is 0 Å². The lowest BCUT2D eigenvalue weighted by Crippen LogP contribution is -2.27. The molecule has 0 unspecified atom stereocenters. The van der Waals surface area contributed by atoms with Crippen LogP contribution in [0.15, 0.2) is 66.1 Å². The predicted molar refractivity (Wildman–Crippen MR) is 122 cm³/mol. The van der Waals surface area contributed by atoms with Gasteiger partial charge in [-0.3, -0.25) is 14.5 Å². The van der Waals surface area contributed by atoms with Crippen LogP contribution in [0.2, 0.25) is 5.02 Å². The molecule has 0 aliphatic carbocycles. The number of nitrogens with one attached hydrogen (secondary N) is 1. The summed E-state index contributed by atoms with van der Waals surface area (Å²) in [5.41, 5.74) is 1.41. The molecule has 1 N–H and O–H groups in total. The lowest BCUT2D eigenvalue weighted by Gasteiger charge is -2.10. The van der Waals surface area contributed by atoms with Crippen molar-refractivity contribution in [3.05, 3.63) is 76.7 Å². The molecule has 1 heterocycles. The number of carbonyl (C=O) groups excluding carboxylic acids is 2. The van der Waals surface area contributed by atoms with Gasteiger partial charge in [0.05, 0.1) is 4.91 Å². The third-order valence-electron chi connectivity index (χ3n) is 3.84. The molecule has 3 rings (SSSR count). The van der Waals surface area contributed by atoms with Gasteiger partial charge in [0.2, 0.25) is 0 Å². The van der Waals surface area contributed by atoms with Gasteiger partial charge in [0, 0.05) is 17.3 Å². The van der Waals surface area contributed by atoms with E-state index in [0.29, 0.717) is 32.2 Å². The first kappa shape index (κ1) is 21.1. The van der Waals surface area contributed by atoms with Crippen molar-refractivity contribution in [2.75, 3.05) is 18.5 Å². The summed E-state index contributed by atoms with van der Waals surface area (Å²) in [6.45, 7) is 3.88. The number of rotatable bonds is 7. The van der Waals surface area contributed by atoms with E-state index in [9.17, 15) is 9.59 Å². The molecule has 1 aliphatic heterocycles. The highest BCUT2D eigenvalue weighted by molar-refractivity contribution is 8.26. The number of halogens is 1. The molecule has 0 atom stereocenters. The summed E-state index contributed by atoms with van der Waals surface area (Å²) >= 11 is 12.3. The molecule has 1 aliphatic rings. The summed E-state index contributed by atoms with van der Waals surface area (Å²) in [6, 6.07) is 14.0. The first-order valence-corrected chi connectivity index (χ1v) is 10.2. The first-order valence-electron chi connectivity index (χ1n) is 8.61. The number of carbonyl (C=O) groups is 2. The first-order chi connectivity index (χ1) is 14.0. The zero-order valence-corrected chi connectivity index (χ0v) is 17.7. The molecule has 29 heavy (non-hydrogen) atoms. The van der Waals surface area contributed by atoms with Crippen molar-refractivity contribution >= 4 is 63.5 Å². The Hall–Kier alpha value is -2.61. The third kappa shape index (κ3) is 5.69. The molecule has 8 heteroatoms. The van der Waals surface area contributed by atoms with E-state index in [4.69, 9.17) is 28.6 Å². The number of ether oxygens (including phenoxy) is 1. The van der Waals surface area contributed by atoms with Gasteiger partial charge in [-0.25, -0.2) is 0 Å². The van der Waals surface area contributed by atoms with Crippen LogP contribution in [-0.2, 0) is 9.59 Å². The molecule has 0 spiro atoms. The zero-order valence-electron chi connectivity index (χ0n) is 15.3. The molecule has 2 aromatic rings. The summed E-state index contributed by atoms with van der Waals surface area (Å²) in [5, 5.41) is 3.32.